The van der Waals surface area contributed by atoms with Crippen LogP contribution in [0, 0.1) is 0 Å². The van der Waals surface area contributed by atoms with Gasteiger partial charge in [0.1, 0.15) is 6.33 Å². The van der Waals surface area contributed by atoms with Crippen LogP contribution < -0.4 is 11.3 Å². The summed E-state index contributed by atoms with van der Waals surface area (Å²) in [6.45, 7) is 7.28. The van der Waals surface area contributed by atoms with E-state index in [0.717, 1.165) is 78.8 Å². The summed E-state index contributed by atoms with van der Waals surface area (Å²) in [5, 5.41) is 8.42. The summed E-state index contributed by atoms with van der Waals surface area (Å²) in [7, 11) is 0. The number of aryl methyl sites for hydroxylation is 1. The molecular formula is C30H33N7O3. The molecule has 3 aromatic heterocycles. The maximum Gasteiger partial charge on any atom is 0.439 e. The molecule has 4 heterocycles. The Kier molecular flexibility index (Phi) is 7.17. The van der Waals surface area contributed by atoms with E-state index in [1.807, 2.05) is 45.5 Å². The molecule has 6 rings (SSSR count). The van der Waals surface area contributed by atoms with Gasteiger partial charge < -0.3 is 4.90 Å². The molecule has 1 fully saturated rings. The number of H-pyrrole nitrogens is 1. The zero-order valence-corrected chi connectivity index (χ0v) is 22.8. The molecule has 10 heteroatoms. The third kappa shape index (κ3) is 4.79. The van der Waals surface area contributed by atoms with Crippen LogP contribution in [0.25, 0.3) is 28.3 Å². The number of rotatable bonds is 8. The number of benzene rings is 2. The Labute approximate surface area is 231 Å². The zero-order valence-electron chi connectivity index (χ0n) is 22.8. The number of fused-ring (bicyclic) bond motifs is 1. The van der Waals surface area contributed by atoms with Gasteiger partial charge in [-0.05, 0) is 42.5 Å². The Morgan fingerprint density at radius 3 is 2.42 bits per heavy atom. The van der Waals surface area contributed by atoms with Gasteiger partial charge in [-0.1, -0.05) is 74.0 Å². The van der Waals surface area contributed by atoms with E-state index in [9.17, 15) is 9.59 Å². The minimum atomic E-state index is -0.589. The van der Waals surface area contributed by atoms with Gasteiger partial charge in [-0.2, -0.15) is 10.1 Å². The van der Waals surface area contributed by atoms with Gasteiger partial charge in [0.15, 0.2) is 5.82 Å². The van der Waals surface area contributed by atoms with E-state index >= 15 is 0 Å². The van der Waals surface area contributed by atoms with Crippen LogP contribution in [0.15, 0.2) is 69.0 Å². The van der Waals surface area contributed by atoms with Crippen LogP contribution in [-0.2, 0) is 12.8 Å². The van der Waals surface area contributed by atoms with E-state index in [4.69, 9.17) is 4.52 Å². The van der Waals surface area contributed by atoms with Crippen molar-refractivity contribution in [1.29, 1.82) is 0 Å². The maximum absolute atomic E-state index is 14.1. The smallest absolute Gasteiger partial charge is 0.303 e. The second-order valence-corrected chi connectivity index (χ2v) is 10.4. The monoisotopic (exact) mass is 539 g/mol. The van der Waals surface area contributed by atoms with Crippen LogP contribution in [0.1, 0.15) is 56.0 Å². The van der Waals surface area contributed by atoms with Crippen molar-refractivity contribution in [1.82, 2.24) is 34.2 Å². The Morgan fingerprint density at radius 1 is 1.00 bits per heavy atom. The molecule has 0 atom stereocenters. The van der Waals surface area contributed by atoms with Crippen LogP contribution in [0.5, 0.6) is 0 Å². The van der Waals surface area contributed by atoms with Crippen molar-refractivity contribution in [2.45, 2.75) is 52.0 Å². The lowest BCUT2D eigenvalue weighted by Gasteiger charge is -2.32. The summed E-state index contributed by atoms with van der Waals surface area (Å²) in [4.78, 5) is 35.3. The van der Waals surface area contributed by atoms with E-state index in [1.165, 1.54) is 0 Å². The molecule has 206 valence electrons. The number of nitrogens with zero attached hydrogens (tertiary/aromatic N) is 6. The fraction of sp³-hybridized carbons (Fsp3) is 0.367. The Balaban J connectivity index is 1.37. The summed E-state index contributed by atoms with van der Waals surface area (Å²) in [5.41, 5.74) is 5.48. The summed E-state index contributed by atoms with van der Waals surface area (Å²) >= 11 is 0. The molecule has 5 aromatic rings. The quantitative estimate of drug-likeness (QED) is 0.316. The van der Waals surface area contributed by atoms with Gasteiger partial charge >= 0.3 is 5.76 Å². The highest BCUT2D eigenvalue weighted by atomic mass is 16.5. The first-order valence-corrected chi connectivity index (χ1v) is 14.0. The van der Waals surface area contributed by atoms with E-state index in [0.29, 0.717) is 18.0 Å². The van der Waals surface area contributed by atoms with E-state index in [-0.39, 0.29) is 11.6 Å². The molecule has 10 nitrogen and oxygen atoms in total. The first-order valence-electron chi connectivity index (χ1n) is 14.0. The summed E-state index contributed by atoms with van der Waals surface area (Å²) in [6.07, 6.45) is 5.57. The van der Waals surface area contributed by atoms with Gasteiger partial charge in [0.05, 0.1) is 5.69 Å². The third-order valence-corrected chi connectivity index (χ3v) is 7.95. The molecular weight excluding hydrogens is 506 g/mol. The fourth-order valence-corrected chi connectivity index (χ4v) is 5.87. The Morgan fingerprint density at radius 2 is 1.75 bits per heavy atom. The molecule has 40 heavy (non-hydrogen) atoms. The van der Waals surface area contributed by atoms with Crippen molar-refractivity contribution in [3.63, 3.8) is 0 Å². The molecule has 0 spiro atoms. The van der Waals surface area contributed by atoms with Gasteiger partial charge in [0.2, 0.25) is 5.78 Å². The van der Waals surface area contributed by atoms with Crippen molar-refractivity contribution in [2.75, 3.05) is 19.6 Å². The van der Waals surface area contributed by atoms with Crippen LogP contribution in [0.3, 0.4) is 0 Å². The van der Waals surface area contributed by atoms with Crippen molar-refractivity contribution >= 4 is 5.78 Å². The van der Waals surface area contributed by atoms with Crippen LogP contribution in [0.2, 0.25) is 0 Å². The number of likely N-dealkylation sites (tertiary alicyclic amines) is 1. The summed E-state index contributed by atoms with van der Waals surface area (Å²) in [6, 6.07) is 16.0. The number of aromatic nitrogens is 6. The van der Waals surface area contributed by atoms with Gasteiger partial charge in [-0.3, -0.25) is 18.9 Å². The highest BCUT2D eigenvalue weighted by Gasteiger charge is 2.26. The molecule has 2 aromatic carbocycles. The normalized spacial score (nSPS) is 14.8. The molecule has 0 aliphatic carbocycles. The molecule has 1 N–H and O–H groups in total. The highest BCUT2D eigenvalue weighted by Crippen LogP contribution is 2.30. The lowest BCUT2D eigenvalue weighted by Crippen LogP contribution is -2.39. The van der Waals surface area contributed by atoms with Crippen LogP contribution >= 0.6 is 0 Å². The fourth-order valence-electron chi connectivity index (χ4n) is 5.87. The lowest BCUT2D eigenvalue weighted by atomic mass is 9.96. The number of hydrogen-bond donors (Lipinski definition) is 1. The number of nitrogens with one attached hydrogen (secondary N) is 1. The predicted octanol–water partition coefficient (Wildman–Crippen LogP) is 4.10. The average molecular weight is 540 g/mol. The molecule has 0 radical (unpaired) electrons. The van der Waals surface area contributed by atoms with Crippen molar-refractivity contribution in [3.05, 3.63) is 92.6 Å². The lowest BCUT2D eigenvalue weighted by molar-refractivity contribution is 0.193. The molecule has 1 aliphatic rings. The average Bonchev–Trinajstić information content (AvgIpc) is 3.65. The standard InChI is InChI=1S/C30H33N7O3/c1-3-7-26-25(28(38)36(29-31-19-32-37(26)29)22-14-16-35(4-2)17-15-22)18-20-10-12-21(13-11-20)23-8-5-6-9-24(23)27-33-30(39)40-34-27/h5-6,8-13,19,22H,3-4,7,14-18H2,1-2H3,(H,33,34,39). The minimum absolute atomic E-state index is 0.0447. The zero-order chi connectivity index (χ0) is 27.6. The Hall–Kier alpha value is -4.31. The van der Waals surface area contributed by atoms with Crippen molar-refractivity contribution < 1.29 is 4.52 Å². The van der Waals surface area contributed by atoms with Crippen LogP contribution in [0.4, 0.5) is 0 Å². The molecule has 1 aliphatic heterocycles. The molecule has 0 unspecified atom stereocenters. The number of aromatic amines is 1. The molecule has 0 amide bonds. The first kappa shape index (κ1) is 25.9. The summed E-state index contributed by atoms with van der Waals surface area (Å²) < 4.78 is 8.51. The second kappa shape index (κ2) is 11.1. The van der Waals surface area contributed by atoms with Crippen LogP contribution in [-0.4, -0.2) is 53.8 Å². The van der Waals surface area contributed by atoms with Gasteiger partial charge in [-0.15, -0.1) is 0 Å². The maximum atomic E-state index is 14.1. The Bertz CT molecular complexity index is 1740. The topological polar surface area (TPSA) is 114 Å². The largest absolute Gasteiger partial charge is 0.439 e. The van der Waals surface area contributed by atoms with Gasteiger partial charge in [-0.25, -0.2) is 9.31 Å². The third-order valence-electron chi connectivity index (χ3n) is 7.95. The van der Waals surface area contributed by atoms with E-state index in [2.05, 4.69) is 51.1 Å². The minimum Gasteiger partial charge on any atom is -0.303 e. The number of hydrogen-bond acceptors (Lipinski definition) is 7. The first-order chi connectivity index (χ1) is 19.6. The molecule has 0 saturated carbocycles. The van der Waals surface area contributed by atoms with Gasteiger partial charge in [0, 0.05) is 36.7 Å². The van der Waals surface area contributed by atoms with Crippen molar-refractivity contribution in [3.8, 4) is 22.5 Å². The number of piperidine rings is 1. The van der Waals surface area contributed by atoms with Gasteiger partial charge in [0.25, 0.3) is 5.56 Å². The highest BCUT2D eigenvalue weighted by molar-refractivity contribution is 5.80. The van der Waals surface area contributed by atoms with E-state index in [1.54, 1.807) is 6.33 Å². The molecule has 0 bridgehead atoms. The predicted molar refractivity (Wildman–Crippen MR) is 152 cm³/mol. The molecule has 1 saturated heterocycles. The summed E-state index contributed by atoms with van der Waals surface area (Å²) in [5.74, 6) is 0.444. The van der Waals surface area contributed by atoms with E-state index < -0.39 is 5.76 Å². The second-order valence-electron chi connectivity index (χ2n) is 10.4. The SMILES string of the molecule is CCCc1c(Cc2ccc(-c3ccccc3-c3noc(=O)[nH]3)cc2)c(=O)n(C2CCN(CC)CC2)c2ncnn12. The van der Waals surface area contributed by atoms with Crippen molar-refractivity contribution in [2.24, 2.45) is 0 Å².